The first kappa shape index (κ1) is 19.2. The van der Waals surface area contributed by atoms with E-state index in [-0.39, 0.29) is 37.4 Å². The Hall–Kier alpha value is -0.840. The number of carboxylic acids is 2. The van der Waals surface area contributed by atoms with Crippen molar-refractivity contribution in [3.8, 4) is 0 Å². The second-order valence-electron chi connectivity index (χ2n) is 4.69. The molecule has 0 unspecified atom stereocenters. The fourth-order valence-electron chi connectivity index (χ4n) is 2.24. The fourth-order valence-corrected chi connectivity index (χ4v) is 2.24. The maximum absolute atomic E-state index is 11.5. The van der Waals surface area contributed by atoms with Crippen molar-refractivity contribution in [2.45, 2.75) is 44.4 Å². The van der Waals surface area contributed by atoms with E-state index in [1.807, 2.05) is 0 Å². The van der Waals surface area contributed by atoms with E-state index >= 15 is 0 Å². The third-order valence-corrected chi connectivity index (χ3v) is 3.40. The van der Waals surface area contributed by atoms with Gasteiger partial charge in [0.15, 0.2) is 5.41 Å². The van der Waals surface area contributed by atoms with Crippen LogP contribution in [-0.4, -0.2) is 22.2 Å². The Kier molecular flexibility index (Phi) is 8.78. The van der Waals surface area contributed by atoms with Crippen molar-refractivity contribution in [1.29, 1.82) is 0 Å². The zero-order valence-electron chi connectivity index (χ0n) is 13.1. The minimum absolute atomic E-state index is 0. The minimum Gasteiger partial charge on any atom is -1.00 e. The van der Waals surface area contributed by atoms with E-state index in [0.29, 0.717) is 12.0 Å². The van der Waals surface area contributed by atoms with Crippen molar-refractivity contribution in [3.63, 3.8) is 0 Å². The van der Waals surface area contributed by atoms with Gasteiger partial charge >= 0.3 is 41.5 Å². The van der Waals surface area contributed by atoms with E-state index in [9.17, 15) is 19.8 Å². The van der Waals surface area contributed by atoms with E-state index < -0.39 is 17.4 Å². The first-order valence-corrected chi connectivity index (χ1v) is 6.58. The van der Waals surface area contributed by atoms with E-state index in [2.05, 4.69) is 6.92 Å². The number of carboxylic acid groups (broad SMARTS) is 2. The Bertz CT molecular complexity index is 423. The summed E-state index contributed by atoms with van der Waals surface area (Å²) in [5.74, 6) is -2.58. The van der Waals surface area contributed by atoms with Gasteiger partial charge in [0.1, 0.15) is 0 Å². The van der Waals surface area contributed by atoms with Gasteiger partial charge in [-0.05, 0) is 12.0 Å². The topological polar surface area (TPSA) is 74.6 Å². The van der Waals surface area contributed by atoms with E-state index in [4.69, 9.17) is 0 Å². The summed E-state index contributed by atoms with van der Waals surface area (Å²) in [4.78, 5) is 23.1. The number of rotatable bonds is 8. The molecule has 0 aromatic heterocycles. The number of hydrogen-bond donors (Lipinski definition) is 2. The number of carbonyl (C=O) groups is 2. The normalized spacial score (nSPS) is 10.7. The minimum atomic E-state index is -1.82. The van der Waals surface area contributed by atoms with Crippen LogP contribution in [0, 0.1) is 0 Å². The van der Waals surface area contributed by atoms with Crippen molar-refractivity contribution in [1.82, 2.24) is 0 Å². The average molecular weight is 288 g/mol. The summed E-state index contributed by atoms with van der Waals surface area (Å²) >= 11 is 0. The van der Waals surface area contributed by atoms with Crippen molar-refractivity contribution in [2.24, 2.45) is 0 Å². The van der Waals surface area contributed by atoms with Gasteiger partial charge in [0.05, 0.1) is 0 Å². The Morgan fingerprint density at radius 2 is 1.60 bits per heavy atom. The zero-order valence-corrected chi connectivity index (χ0v) is 14.1. The average Bonchev–Trinajstić information content (AvgIpc) is 2.39. The molecule has 0 heterocycles. The molecular formula is C15H21NaO4. The van der Waals surface area contributed by atoms with Crippen LogP contribution in [0.1, 0.15) is 46.0 Å². The quantitative estimate of drug-likeness (QED) is 0.406. The largest absolute Gasteiger partial charge is 1.00 e. The molecule has 0 spiro atoms. The Morgan fingerprint density at radius 3 is 2.05 bits per heavy atom. The smallest absolute Gasteiger partial charge is 1.00 e. The molecule has 1 aromatic carbocycles. The molecule has 0 aliphatic rings. The summed E-state index contributed by atoms with van der Waals surface area (Å²) in [6.45, 7) is 2.05. The summed E-state index contributed by atoms with van der Waals surface area (Å²) in [6.07, 6.45) is 3.59. The molecule has 0 radical (unpaired) electrons. The molecule has 0 aliphatic heterocycles. The zero-order chi connectivity index (χ0) is 14.3. The molecule has 0 saturated carbocycles. The van der Waals surface area contributed by atoms with Crippen LogP contribution in [0.3, 0.4) is 0 Å². The first-order valence-electron chi connectivity index (χ1n) is 6.58. The van der Waals surface area contributed by atoms with Crippen LogP contribution in [0.25, 0.3) is 0 Å². The van der Waals surface area contributed by atoms with Crippen LogP contribution in [-0.2, 0) is 15.0 Å². The van der Waals surface area contributed by atoms with Gasteiger partial charge in [-0.2, -0.15) is 0 Å². The van der Waals surface area contributed by atoms with Gasteiger partial charge in [0.2, 0.25) is 0 Å². The van der Waals surface area contributed by atoms with E-state index in [1.54, 1.807) is 30.3 Å². The van der Waals surface area contributed by atoms with Gasteiger partial charge in [-0.15, -0.1) is 0 Å². The van der Waals surface area contributed by atoms with Gasteiger partial charge in [-0.25, -0.2) is 0 Å². The molecule has 0 atom stereocenters. The Balaban J connectivity index is 0. The third-order valence-electron chi connectivity index (χ3n) is 3.40. The fraction of sp³-hybridized carbons (Fsp3) is 0.467. The molecule has 0 amide bonds. The number of unbranched alkanes of at least 4 members (excludes halogenated alkanes) is 3. The van der Waals surface area contributed by atoms with Crippen LogP contribution in [0.2, 0.25) is 0 Å². The summed E-state index contributed by atoms with van der Waals surface area (Å²) in [5.41, 5.74) is -1.49. The molecule has 1 aromatic rings. The number of aliphatic carboxylic acids is 2. The molecule has 0 aliphatic carbocycles. The molecule has 1 rings (SSSR count). The van der Waals surface area contributed by atoms with Crippen LogP contribution < -0.4 is 29.6 Å². The summed E-state index contributed by atoms with van der Waals surface area (Å²) in [7, 11) is 0. The molecule has 4 nitrogen and oxygen atoms in total. The molecule has 0 bridgehead atoms. The second kappa shape index (κ2) is 9.16. The predicted molar refractivity (Wildman–Crippen MR) is 73.3 cm³/mol. The first-order chi connectivity index (χ1) is 9.05. The van der Waals surface area contributed by atoms with Gasteiger partial charge in [-0.1, -0.05) is 62.9 Å². The summed E-state index contributed by atoms with van der Waals surface area (Å²) < 4.78 is 0. The molecular weight excluding hydrogens is 267 g/mol. The van der Waals surface area contributed by atoms with Crippen LogP contribution in [0.15, 0.2) is 30.3 Å². The molecule has 0 fully saturated rings. The number of hydrogen-bond acceptors (Lipinski definition) is 2. The second-order valence-corrected chi connectivity index (χ2v) is 4.69. The Labute approximate surface area is 143 Å². The van der Waals surface area contributed by atoms with Crippen molar-refractivity contribution < 1.29 is 50.8 Å². The predicted octanol–water partition coefficient (Wildman–Crippen LogP) is 0.181. The molecule has 106 valence electrons. The van der Waals surface area contributed by atoms with Gasteiger partial charge in [0.25, 0.3) is 0 Å². The van der Waals surface area contributed by atoms with Gasteiger partial charge in [-0.3, -0.25) is 9.59 Å². The van der Waals surface area contributed by atoms with Crippen molar-refractivity contribution >= 4 is 11.9 Å². The maximum Gasteiger partial charge on any atom is 1.00 e. The molecule has 20 heavy (non-hydrogen) atoms. The monoisotopic (exact) mass is 288 g/mol. The van der Waals surface area contributed by atoms with Crippen molar-refractivity contribution in [2.75, 3.05) is 0 Å². The van der Waals surface area contributed by atoms with Gasteiger partial charge < -0.3 is 11.6 Å². The van der Waals surface area contributed by atoms with E-state index in [0.717, 1.165) is 19.3 Å². The molecule has 0 saturated heterocycles. The van der Waals surface area contributed by atoms with Crippen molar-refractivity contribution in [3.05, 3.63) is 35.9 Å². The van der Waals surface area contributed by atoms with Crippen LogP contribution in [0.5, 0.6) is 0 Å². The van der Waals surface area contributed by atoms with Crippen LogP contribution >= 0.6 is 0 Å². The third kappa shape index (κ3) is 4.33. The summed E-state index contributed by atoms with van der Waals surface area (Å²) in [5, 5.41) is 18.8. The van der Waals surface area contributed by atoms with Gasteiger partial charge in [0, 0.05) is 0 Å². The summed E-state index contributed by atoms with van der Waals surface area (Å²) in [6, 6.07) is 8.23. The number of benzene rings is 1. The standard InChI is InChI=1S/C15H20O4.Na.H/c1-2-3-4-8-11-15(13(16)17,14(18)19)12-9-6-5-7-10-12;;/h5-7,9-10H,2-4,8,11H2,1H3,(H,16,17)(H,18,19);;/q;+1;-1. The molecule has 2 N–H and O–H groups in total. The van der Waals surface area contributed by atoms with Crippen LogP contribution in [0.4, 0.5) is 0 Å². The Morgan fingerprint density at radius 1 is 1.05 bits per heavy atom. The maximum atomic E-state index is 11.5. The molecule has 5 heteroatoms. The van der Waals surface area contributed by atoms with E-state index in [1.165, 1.54) is 0 Å². The SMILES string of the molecule is CCCCCCC(C(=O)O)(C(=O)O)c1ccccc1.[H-].[Na+].